The summed E-state index contributed by atoms with van der Waals surface area (Å²) in [5.41, 5.74) is 2.74. The van der Waals surface area contributed by atoms with Crippen LogP contribution in [0, 0.1) is 12.7 Å². The first-order valence-corrected chi connectivity index (χ1v) is 10.4. The van der Waals surface area contributed by atoms with Gasteiger partial charge >= 0.3 is 11.9 Å². The van der Waals surface area contributed by atoms with Crippen molar-refractivity contribution in [1.82, 2.24) is 10.1 Å². The van der Waals surface area contributed by atoms with Crippen LogP contribution in [0.15, 0.2) is 64.5 Å². The number of nitrogens with zero attached hydrogens (tertiary/aromatic N) is 4. The van der Waals surface area contributed by atoms with Gasteiger partial charge in [0.05, 0.1) is 0 Å². The molecule has 0 aliphatic carbocycles. The summed E-state index contributed by atoms with van der Waals surface area (Å²) in [5.74, 6) is -0.151. The van der Waals surface area contributed by atoms with Crippen molar-refractivity contribution in [3.8, 4) is 11.4 Å². The van der Waals surface area contributed by atoms with E-state index in [-0.39, 0.29) is 18.3 Å². The molecule has 0 fully saturated rings. The largest absolute Gasteiger partial charge is 0.506 e. The molecule has 3 aromatic rings. The molecule has 5 rings (SSSR count). The lowest BCUT2D eigenvalue weighted by atomic mass is 10.1. The van der Waals surface area contributed by atoms with Crippen LogP contribution in [0.5, 0.6) is 0 Å². The van der Waals surface area contributed by atoms with Gasteiger partial charge in [-0.3, -0.25) is 0 Å². The first kappa shape index (κ1) is 19.4. The highest BCUT2D eigenvalue weighted by atomic mass is 32.2. The fourth-order valence-corrected chi connectivity index (χ4v) is 4.49. The van der Waals surface area contributed by atoms with Gasteiger partial charge in [-0.05, 0) is 48.7 Å². The van der Waals surface area contributed by atoms with Crippen LogP contribution in [0.1, 0.15) is 11.5 Å². The zero-order chi connectivity index (χ0) is 21.5. The fraction of sp³-hybridized carbons (Fsp3) is 0.136. The Balaban J connectivity index is 1.49. The molecule has 1 aromatic heterocycles. The number of hydrogen-bond donors (Lipinski definition) is 0. The molecule has 2 aliphatic heterocycles. The molecule has 0 saturated heterocycles. The SMILES string of the molecule is Cc1cccc(-c2noc(C[N+]3=C4C=CSC4C(=O)N(c4ccc(F)cc4)C3=O)n2)c1. The van der Waals surface area contributed by atoms with E-state index in [4.69, 9.17) is 4.52 Å². The Morgan fingerprint density at radius 3 is 2.77 bits per heavy atom. The number of thioether (sulfide) groups is 1. The summed E-state index contributed by atoms with van der Waals surface area (Å²) in [7, 11) is 0. The molecule has 0 bridgehead atoms. The average Bonchev–Trinajstić information content (AvgIpc) is 3.42. The second-order valence-corrected chi connectivity index (χ2v) is 8.16. The maximum atomic E-state index is 13.3. The van der Waals surface area contributed by atoms with E-state index in [0.717, 1.165) is 16.0 Å². The minimum absolute atomic E-state index is 0.0133. The van der Waals surface area contributed by atoms with Crippen molar-refractivity contribution in [1.29, 1.82) is 0 Å². The number of allylic oxidation sites excluding steroid dienone is 1. The van der Waals surface area contributed by atoms with Gasteiger partial charge in [-0.25, -0.2) is 9.18 Å². The molecule has 3 heterocycles. The van der Waals surface area contributed by atoms with Crippen LogP contribution in [0.2, 0.25) is 0 Å². The zero-order valence-corrected chi connectivity index (χ0v) is 17.2. The number of anilines is 1. The molecule has 0 N–H and O–H groups in total. The number of imide groups is 1. The van der Waals surface area contributed by atoms with E-state index in [2.05, 4.69) is 10.1 Å². The van der Waals surface area contributed by atoms with Crippen LogP contribution >= 0.6 is 11.8 Å². The minimum atomic E-state index is -0.568. The third-order valence-corrected chi connectivity index (χ3v) is 6.03. The van der Waals surface area contributed by atoms with Crippen molar-refractivity contribution < 1.29 is 23.1 Å². The number of hydrogen-bond acceptors (Lipinski definition) is 6. The van der Waals surface area contributed by atoms with Crippen molar-refractivity contribution in [3.05, 3.63) is 77.3 Å². The predicted molar refractivity (Wildman–Crippen MR) is 113 cm³/mol. The predicted octanol–water partition coefficient (Wildman–Crippen LogP) is 3.93. The lowest BCUT2D eigenvalue weighted by Gasteiger charge is -2.23. The number of urea groups is 1. The van der Waals surface area contributed by atoms with Crippen LogP contribution in [-0.4, -0.2) is 37.6 Å². The number of carbonyl (C=O) groups excluding carboxylic acids is 2. The van der Waals surface area contributed by atoms with E-state index in [1.54, 1.807) is 11.5 Å². The maximum Gasteiger partial charge on any atom is 0.506 e. The van der Waals surface area contributed by atoms with Crippen LogP contribution in [0.4, 0.5) is 14.9 Å². The molecule has 2 aliphatic rings. The lowest BCUT2D eigenvalue weighted by Crippen LogP contribution is -2.55. The van der Waals surface area contributed by atoms with Crippen LogP contribution in [0.25, 0.3) is 11.4 Å². The fourth-order valence-electron chi connectivity index (χ4n) is 3.55. The smallest absolute Gasteiger partial charge is 0.335 e. The molecule has 7 nitrogen and oxygen atoms in total. The molecule has 154 valence electrons. The Bertz CT molecular complexity index is 1270. The topological polar surface area (TPSA) is 79.3 Å². The standard InChI is InChI=1S/C22H16FN4O3S/c1-13-3-2-4-14(11-13)20-24-18(30-25-20)12-26-17-9-10-31-19(17)21(28)27(22(26)29)16-7-5-15(23)6-8-16/h2-11,19H,12H2,1H3/q+1. The molecular formula is C22H16FN4O3S+. The van der Waals surface area contributed by atoms with E-state index in [1.807, 2.05) is 31.2 Å². The Kier molecular flexibility index (Phi) is 4.74. The molecule has 9 heteroatoms. The molecular weight excluding hydrogens is 419 g/mol. The number of halogens is 1. The molecule has 3 amide bonds. The summed E-state index contributed by atoms with van der Waals surface area (Å²) in [6, 6.07) is 12.4. The summed E-state index contributed by atoms with van der Waals surface area (Å²) in [6.07, 6.45) is 1.74. The van der Waals surface area contributed by atoms with Gasteiger partial charge in [0.1, 0.15) is 17.2 Å². The molecule has 1 unspecified atom stereocenters. The van der Waals surface area contributed by atoms with Crippen molar-refractivity contribution in [2.75, 3.05) is 4.90 Å². The third kappa shape index (κ3) is 3.46. The number of fused-ring (bicyclic) bond motifs is 1. The van der Waals surface area contributed by atoms with Crippen molar-refractivity contribution in [2.45, 2.75) is 18.7 Å². The van der Waals surface area contributed by atoms with Crippen LogP contribution < -0.4 is 4.90 Å². The van der Waals surface area contributed by atoms with Crippen molar-refractivity contribution in [3.63, 3.8) is 0 Å². The van der Waals surface area contributed by atoms with Crippen LogP contribution in [0.3, 0.4) is 0 Å². The monoisotopic (exact) mass is 435 g/mol. The molecule has 1 atom stereocenters. The average molecular weight is 435 g/mol. The van der Waals surface area contributed by atoms with Gasteiger partial charge in [0.15, 0.2) is 11.8 Å². The quantitative estimate of drug-likeness (QED) is 0.578. The number of aryl methyl sites for hydroxylation is 1. The second-order valence-electron chi connectivity index (χ2n) is 7.14. The Morgan fingerprint density at radius 2 is 2.00 bits per heavy atom. The summed E-state index contributed by atoms with van der Waals surface area (Å²) in [5, 5.41) is 5.24. The molecule has 0 spiro atoms. The lowest BCUT2D eigenvalue weighted by molar-refractivity contribution is -0.448. The van der Waals surface area contributed by atoms with Crippen molar-refractivity contribution in [2.24, 2.45) is 0 Å². The number of aromatic nitrogens is 2. The second kappa shape index (κ2) is 7.59. The van der Waals surface area contributed by atoms with Crippen LogP contribution in [-0.2, 0) is 11.3 Å². The highest BCUT2D eigenvalue weighted by molar-refractivity contribution is 8.04. The Labute approximate surface area is 180 Å². The molecule has 0 saturated carbocycles. The van der Waals surface area contributed by atoms with Gasteiger partial charge in [0, 0.05) is 5.56 Å². The molecule has 31 heavy (non-hydrogen) atoms. The van der Waals surface area contributed by atoms with E-state index in [0.29, 0.717) is 17.2 Å². The minimum Gasteiger partial charge on any atom is -0.335 e. The van der Waals surface area contributed by atoms with E-state index < -0.39 is 17.1 Å². The van der Waals surface area contributed by atoms with Gasteiger partial charge < -0.3 is 4.52 Å². The number of amides is 3. The number of benzene rings is 2. The highest BCUT2D eigenvalue weighted by Gasteiger charge is 2.50. The number of rotatable bonds is 4. The summed E-state index contributed by atoms with van der Waals surface area (Å²) in [4.78, 5) is 31.7. The zero-order valence-electron chi connectivity index (χ0n) is 16.4. The number of carbonyl (C=O) groups is 2. The van der Waals surface area contributed by atoms with Gasteiger partial charge in [-0.1, -0.05) is 28.9 Å². The van der Waals surface area contributed by atoms with Gasteiger partial charge in [-0.15, -0.1) is 16.7 Å². The molecule has 0 radical (unpaired) electrons. The molecule has 2 aromatic carbocycles. The third-order valence-electron chi connectivity index (χ3n) is 5.02. The first-order valence-electron chi connectivity index (χ1n) is 9.51. The summed E-state index contributed by atoms with van der Waals surface area (Å²) < 4.78 is 20.2. The van der Waals surface area contributed by atoms with Gasteiger partial charge in [-0.2, -0.15) is 14.4 Å². The maximum absolute atomic E-state index is 13.3. The summed E-state index contributed by atoms with van der Waals surface area (Å²) in [6.45, 7) is 1.98. The van der Waals surface area contributed by atoms with Crippen molar-refractivity contribution >= 4 is 35.1 Å². The first-order chi connectivity index (χ1) is 15.0. The van der Waals surface area contributed by atoms with E-state index in [9.17, 15) is 14.0 Å². The summed E-state index contributed by atoms with van der Waals surface area (Å²) >= 11 is 1.31. The Morgan fingerprint density at radius 1 is 1.19 bits per heavy atom. The highest BCUT2D eigenvalue weighted by Crippen LogP contribution is 2.31. The van der Waals surface area contributed by atoms with E-state index >= 15 is 0 Å². The normalized spacial score (nSPS) is 18.1. The van der Waals surface area contributed by atoms with Gasteiger partial charge in [0.25, 0.3) is 5.89 Å². The van der Waals surface area contributed by atoms with E-state index in [1.165, 1.54) is 40.6 Å². The Hall–Kier alpha value is -3.59. The van der Waals surface area contributed by atoms with Gasteiger partial charge in [0.2, 0.25) is 5.82 Å².